The summed E-state index contributed by atoms with van der Waals surface area (Å²) < 4.78 is 2.18. The van der Waals surface area contributed by atoms with Crippen molar-refractivity contribution in [3.63, 3.8) is 0 Å². The van der Waals surface area contributed by atoms with Crippen LogP contribution in [0.2, 0.25) is 0 Å². The van der Waals surface area contributed by atoms with Gasteiger partial charge in [-0.15, -0.1) is 0 Å². The van der Waals surface area contributed by atoms with Crippen molar-refractivity contribution in [1.82, 2.24) is 9.78 Å². The topological polar surface area (TPSA) is 17.8 Å². The quantitative estimate of drug-likeness (QED) is 0.536. The average molecular weight is 305 g/mol. The highest BCUT2D eigenvalue weighted by atomic mass is 15.3. The van der Waals surface area contributed by atoms with Gasteiger partial charge in [-0.05, 0) is 42.1 Å². The Morgan fingerprint density at radius 3 is 2.32 bits per heavy atom. The van der Waals surface area contributed by atoms with Crippen molar-refractivity contribution in [2.45, 2.75) is 91.5 Å². The number of aromatic nitrogens is 2. The Hall–Kier alpha value is -0.790. The Morgan fingerprint density at radius 2 is 1.73 bits per heavy atom. The second-order valence-electron chi connectivity index (χ2n) is 8.22. The van der Waals surface area contributed by atoms with Gasteiger partial charge in [-0.2, -0.15) is 5.10 Å². The fourth-order valence-electron chi connectivity index (χ4n) is 3.73. The largest absolute Gasteiger partial charge is 0.272 e. The highest BCUT2D eigenvalue weighted by Crippen LogP contribution is 2.33. The molecule has 0 atom stereocenters. The lowest BCUT2D eigenvalue weighted by atomic mass is 9.79. The van der Waals surface area contributed by atoms with Crippen molar-refractivity contribution >= 4 is 0 Å². The van der Waals surface area contributed by atoms with Gasteiger partial charge in [-0.1, -0.05) is 66.2 Å². The van der Waals surface area contributed by atoms with E-state index in [9.17, 15) is 0 Å². The number of nitrogens with zero attached hydrogens (tertiary/aromatic N) is 2. The molecule has 2 heteroatoms. The number of rotatable bonds is 8. The van der Waals surface area contributed by atoms with E-state index < -0.39 is 0 Å². The minimum absolute atomic E-state index is 0.593. The summed E-state index contributed by atoms with van der Waals surface area (Å²) in [4.78, 5) is 0. The van der Waals surface area contributed by atoms with Crippen LogP contribution in [-0.4, -0.2) is 9.78 Å². The first-order valence-corrected chi connectivity index (χ1v) is 9.57. The smallest absolute Gasteiger partial charge is 0.0524 e. The van der Waals surface area contributed by atoms with Gasteiger partial charge in [0, 0.05) is 12.7 Å². The third-order valence-electron chi connectivity index (χ3n) is 5.38. The van der Waals surface area contributed by atoms with Crippen LogP contribution in [0.1, 0.15) is 90.5 Å². The summed E-state index contributed by atoms with van der Waals surface area (Å²) in [6, 6.07) is 0. The molecule has 0 bridgehead atoms. The third kappa shape index (κ3) is 5.78. The van der Waals surface area contributed by atoms with Gasteiger partial charge in [0.2, 0.25) is 0 Å². The molecule has 0 unspecified atom stereocenters. The third-order valence-corrected chi connectivity index (χ3v) is 5.38. The summed E-state index contributed by atoms with van der Waals surface area (Å²) in [6.07, 6.45) is 15.8. The molecule has 22 heavy (non-hydrogen) atoms. The molecule has 1 aromatic rings. The Kier molecular flexibility index (Phi) is 6.98. The highest BCUT2D eigenvalue weighted by molar-refractivity contribution is 5.08. The number of hydrogen-bond acceptors (Lipinski definition) is 1. The molecule has 126 valence electrons. The van der Waals surface area contributed by atoms with E-state index in [0.717, 1.165) is 24.3 Å². The zero-order valence-electron chi connectivity index (χ0n) is 15.2. The molecule has 1 saturated carbocycles. The highest BCUT2D eigenvalue weighted by Gasteiger charge is 2.21. The second kappa shape index (κ2) is 8.74. The molecule has 1 fully saturated rings. The zero-order chi connectivity index (χ0) is 15.9. The van der Waals surface area contributed by atoms with Crippen LogP contribution in [0, 0.1) is 17.8 Å². The minimum Gasteiger partial charge on any atom is -0.272 e. The first-order valence-electron chi connectivity index (χ1n) is 9.57. The van der Waals surface area contributed by atoms with E-state index in [0.29, 0.717) is 5.92 Å². The molecule has 0 saturated heterocycles. The molecule has 0 aliphatic heterocycles. The Labute approximate surface area is 137 Å². The van der Waals surface area contributed by atoms with Crippen LogP contribution in [-0.2, 0) is 6.54 Å². The van der Waals surface area contributed by atoms with Crippen molar-refractivity contribution in [3.8, 4) is 0 Å². The molecule has 1 aliphatic rings. The van der Waals surface area contributed by atoms with Gasteiger partial charge in [0.15, 0.2) is 0 Å². The van der Waals surface area contributed by atoms with Gasteiger partial charge in [0.1, 0.15) is 0 Å². The fourth-order valence-corrected chi connectivity index (χ4v) is 3.73. The van der Waals surface area contributed by atoms with Gasteiger partial charge < -0.3 is 0 Å². The predicted octanol–water partition coefficient (Wildman–Crippen LogP) is 6.03. The SMILES string of the molecule is CC(C)CCCCC1CCC(Cn2cc(C(C)C)cn2)CC1. The van der Waals surface area contributed by atoms with Gasteiger partial charge in [0.05, 0.1) is 6.20 Å². The summed E-state index contributed by atoms with van der Waals surface area (Å²) in [5.41, 5.74) is 1.37. The predicted molar refractivity (Wildman–Crippen MR) is 95.1 cm³/mol. The normalized spacial score (nSPS) is 22.6. The second-order valence-corrected chi connectivity index (χ2v) is 8.22. The molecule has 0 spiro atoms. The monoisotopic (exact) mass is 304 g/mol. The lowest BCUT2D eigenvalue weighted by Gasteiger charge is -2.28. The van der Waals surface area contributed by atoms with E-state index in [4.69, 9.17) is 0 Å². The Bertz CT molecular complexity index is 411. The van der Waals surface area contributed by atoms with Crippen LogP contribution in [0.3, 0.4) is 0 Å². The fraction of sp³-hybridized carbons (Fsp3) is 0.850. The van der Waals surface area contributed by atoms with Crippen LogP contribution in [0.4, 0.5) is 0 Å². The van der Waals surface area contributed by atoms with Crippen LogP contribution in [0.5, 0.6) is 0 Å². The summed E-state index contributed by atoms with van der Waals surface area (Å²) in [5.74, 6) is 3.33. The van der Waals surface area contributed by atoms with Crippen molar-refractivity contribution in [2.24, 2.45) is 17.8 Å². The van der Waals surface area contributed by atoms with Crippen molar-refractivity contribution in [1.29, 1.82) is 0 Å². The minimum atomic E-state index is 0.593. The van der Waals surface area contributed by atoms with E-state index >= 15 is 0 Å². The summed E-state index contributed by atoms with van der Waals surface area (Å²) in [6.45, 7) is 10.3. The summed E-state index contributed by atoms with van der Waals surface area (Å²) in [5, 5.41) is 4.54. The van der Waals surface area contributed by atoms with Crippen LogP contribution in [0.15, 0.2) is 12.4 Å². The molecular weight excluding hydrogens is 268 g/mol. The lowest BCUT2D eigenvalue weighted by molar-refractivity contribution is 0.233. The van der Waals surface area contributed by atoms with E-state index in [1.54, 1.807) is 0 Å². The molecule has 1 aromatic heterocycles. The van der Waals surface area contributed by atoms with Crippen molar-refractivity contribution in [2.75, 3.05) is 0 Å². The number of unbranched alkanes of at least 4 members (excludes halogenated alkanes) is 1. The molecule has 0 amide bonds. The molecule has 0 radical (unpaired) electrons. The first kappa shape index (κ1) is 17.6. The van der Waals surface area contributed by atoms with Crippen molar-refractivity contribution in [3.05, 3.63) is 18.0 Å². The molecular formula is C20H36N2. The van der Waals surface area contributed by atoms with Gasteiger partial charge in [-0.3, -0.25) is 4.68 Å². The Balaban J connectivity index is 1.64. The van der Waals surface area contributed by atoms with Crippen molar-refractivity contribution < 1.29 is 0 Å². The van der Waals surface area contributed by atoms with Crippen LogP contribution < -0.4 is 0 Å². The molecule has 0 N–H and O–H groups in total. The maximum absolute atomic E-state index is 4.54. The average Bonchev–Trinajstić information content (AvgIpc) is 2.94. The zero-order valence-corrected chi connectivity index (χ0v) is 15.2. The Morgan fingerprint density at radius 1 is 1.05 bits per heavy atom. The molecule has 1 aliphatic carbocycles. The molecule has 1 heterocycles. The number of hydrogen-bond donors (Lipinski definition) is 0. The van der Waals surface area contributed by atoms with E-state index in [-0.39, 0.29) is 0 Å². The molecule has 2 rings (SSSR count). The maximum atomic E-state index is 4.54. The van der Waals surface area contributed by atoms with Crippen LogP contribution in [0.25, 0.3) is 0 Å². The summed E-state index contributed by atoms with van der Waals surface area (Å²) in [7, 11) is 0. The maximum Gasteiger partial charge on any atom is 0.0524 e. The van der Waals surface area contributed by atoms with Gasteiger partial charge in [-0.25, -0.2) is 0 Å². The van der Waals surface area contributed by atoms with Gasteiger partial charge >= 0.3 is 0 Å². The van der Waals surface area contributed by atoms with Gasteiger partial charge in [0.25, 0.3) is 0 Å². The lowest BCUT2D eigenvalue weighted by Crippen LogP contribution is -2.19. The first-order chi connectivity index (χ1) is 10.5. The van der Waals surface area contributed by atoms with E-state index in [1.165, 1.54) is 56.9 Å². The van der Waals surface area contributed by atoms with Crippen LogP contribution >= 0.6 is 0 Å². The summed E-state index contributed by atoms with van der Waals surface area (Å²) >= 11 is 0. The standard InChI is InChI=1S/C20H36N2/c1-16(2)7-5-6-8-18-9-11-19(12-10-18)14-22-15-20(13-21-22)17(3)4/h13,15-19H,5-12,14H2,1-4H3. The van der Waals surface area contributed by atoms with E-state index in [2.05, 4.69) is 43.7 Å². The molecule has 2 nitrogen and oxygen atoms in total. The van der Waals surface area contributed by atoms with E-state index in [1.807, 2.05) is 6.20 Å². The molecule has 0 aromatic carbocycles.